The zero-order valence-corrected chi connectivity index (χ0v) is 13.4. The molecule has 0 fully saturated rings. The molecule has 2 aromatic rings. The van der Waals surface area contributed by atoms with E-state index in [-0.39, 0.29) is 26.2 Å². The Morgan fingerprint density at radius 3 is 1.18 bits per heavy atom. The maximum atomic E-state index is 2.20. The Balaban J connectivity index is 0.000000284. The van der Waals surface area contributed by atoms with Crippen molar-refractivity contribution in [3.8, 4) is 0 Å². The van der Waals surface area contributed by atoms with Gasteiger partial charge in [0.25, 0.3) is 0 Å². The molecule has 0 aliphatic carbocycles. The van der Waals surface area contributed by atoms with E-state index in [1.807, 2.05) is 0 Å². The first kappa shape index (κ1) is 16.6. The fourth-order valence-corrected chi connectivity index (χ4v) is 1.74. The van der Waals surface area contributed by atoms with E-state index < -0.39 is 0 Å². The zero-order chi connectivity index (χ0) is 11.6. The minimum Gasteiger partial charge on any atom is -0.213 e. The molecule has 0 N–H and O–H groups in total. The van der Waals surface area contributed by atoms with E-state index in [2.05, 4.69) is 62.4 Å². The molecule has 0 saturated heterocycles. The summed E-state index contributed by atoms with van der Waals surface area (Å²) >= 11 is 0. The van der Waals surface area contributed by atoms with Crippen LogP contribution in [0.4, 0.5) is 0 Å². The third-order valence-electron chi connectivity index (χ3n) is 2.54. The Morgan fingerprint density at radius 2 is 0.941 bits per heavy atom. The fraction of sp³-hybridized carbons (Fsp3) is 0.375. The van der Waals surface area contributed by atoms with Gasteiger partial charge in [0, 0.05) is 0 Å². The van der Waals surface area contributed by atoms with Crippen LogP contribution in [0.3, 0.4) is 0 Å². The van der Waals surface area contributed by atoms with Gasteiger partial charge < -0.3 is 0 Å². The van der Waals surface area contributed by atoms with Crippen LogP contribution in [0.25, 0.3) is 0 Å². The third-order valence-corrected chi connectivity index (χ3v) is 2.54. The van der Waals surface area contributed by atoms with E-state index in [9.17, 15) is 0 Å². The van der Waals surface area contributed by atoms with Crippen LogP contribution in [0.5, 0.6) is 0 Å². The van der Waals surface area contributed by atoms with E-state index in [1.54, 1.807) is 0 Å². The largest absolute Gasteiger partial charge is 2.00 e. The van der Waals surface area contributed by atoms with Gasteiger partial charge in [0.15, 0.2) is 0 Å². The Labute approximate surface area is 125 Å². The molecule has 17 heavy (non-hydrogen) atoms. The molecule has 0 unspecified atom stereocenters. The maximum absolute atomic E-state index is 2.20. The Morgan fingerprint density at radius 1 is 0.647 bits per heavy atom. The molecule has 0 radical (unpaired) electrons. The number of rotatable bonds is 4. The summed E-state index contributed by atoms with van der Waals surface area (Å²) < 4.78 is 0. The quantitative estimate of drug-likeness (QED) is 0.717. The Hall–Kier alpha value is -0.417. The maximum Gasteiger partial charge on any atom is 2.00 e. The van der Waals surface area contributed by atoms with Crippen LogP contribution in [0.1, 0.15) is 37.8 Å². The fourth-order valence-electron chi connectivity index (χ4n) is 1.74. The zero-order valence-electron chi connectivity index (χ0n) is 10.9. The molecule has 0 spiro atoms. The number of aryl methyl sites for hydroxylation is 2. The summed E-state index contributed by atoms with van der Waals surface area (Å²) in [5, 5.41) is 0. The molecule has 0 atom stereocenters. The third kappa shape index (κ3) is 7.50. The van der Waals surface area contributed by atoms with E-state index >= 15 is 0 Å². The predicted octanol–water partition coefficient (Wildman–Crippen LogP) is 4.71. The van der Waals surface area contributed by atoms with Crippen molar-refractivity contribution in [2.24, 2.45) is 0 Å². The van der Waals surface area contributed by atoms with Crippen LogP contribution in [-0.4, -0.2) is 0 Å². The predicted molar refractivity (Wildman–Crippen MR) is 72.1 cm³/mol. The molecular weight excluding hydrogens is 283 g/mol. The van der Waals surface area contributed by atoms with Gasteiger partial charge in [0.1, 0.15) is 0 Å². The standard InChI is InChI=1S/2C8H11.Zr/c2*1-2-5-8-6-3-4-7-8;/h2*3-4,6-7H,2,5H2,1H3;/q2*-1;+2. The van der Waals surface area contributed by atoms with Gasteiger partial charge in [-0.1, -0.05) is 39.5 Å². The normalized spacial score (nSPS) is 9.06. The summed E-state index contributed by atoms with van der Waals surface area (Å²) in [5.41, 5.74) is 2.93. The molecule has 0 aliphatic heterocycles. The number of hydrogen-bond acceptors (Lipinski definition) is 0. The van der Waals surface area contributed by atoms with Crippen LogP contribution in [0.2, 0.25) is 0 Å². The second-order valence-corrected chi connectivity index (χ2v) is 4.09. The molecule has 0 aliphatic rings. The van der Waals surface area contributed by atoms with Crippen LogP contribution >= 0.6 is 0 Å². The number of hydrogen-bond donors (Lipinski definition) is 0. The minimum absolute atomic E-state index is 0. The second-order valence-electron chi connectivity index (χ2n) is 4.09. The van der Waals surface area contributed by atoms with Gasteiger partial charge in [-0.3, -0.25) is 0 Å². The molecular formula is C16H22Zr. The topological polar surface area (TPSA) is 0 Å². The molecule has 90 valence electrons. The summed E-state index contributed by atoms with van der Waals surface area (Å²) in [6.07, 6.45) is 4.97. The molecule has 1 heteroatoms. The summed E-state index contributed by atoms with van der Waals surface area (Å²) in [6, 6.07) is 17.0. The van der Waals surface area contributed by atoms with Crippen molar-refractivity contribution in [3.05, 3.63) is 59.7 Å². The van der Waals surface area contributed by atoms with Crippen molar-refractivity contribution < 1.29 is 26.2 Å². The van der Waals surface area contributed by atoms with Crippen molar-refractivity contribution in [1.82, 2.24) is 0 Å². The first-order chi connectivity index (χ1) is 7.86. The van der Waals surface area contributed by atoms with Crippen molar-refractivity contribution in [3.63, 3.8) is 0 Å². The second kappa shape index (κ2) is 10.7. The average Bonchev–Trinajstić information content (AvgIpc) is 2.92. The minimum atomic E-state index is 0. The van der Waals surface area contributed by atoms with Crippen LogP contribution in [0.15, 0.2) is 48.5 Å². The van der Waals surface area contributed by atoms with E-state index in [0.717, 1.165) is 0 Å². The van der Waals surface area contributed by atoms with E-state index in [4.69, 9.17) is 0 Å². The summed E-state index contributed by atoms with van der Waals surface area (Å²) in [7, 11) is 0. The van der Waals surface area contributed by atoms with Gasteiger partial charge in [-0.15, -0.1) is 0 Å². The Kier molecular flexibility index (Phi) is 10.5. The molecule has 0 amide bonds. The molecule has 0 saturated carbocycles. The van der Waals surface area contributed by atoms with Crippen LogP contribution in [-0.2, 0) is 39.0 Å². The van der Waals surface area contributed by atoms with Gasteiger partial charge in [0.2, 0.25) is 0 Å². The van der Waals surface area contributed by atoms with Gasteiger partial charge in [-0.25, -0.2) is 24.3 Å². The first-order valence-corrected chi connectivity index (χ1v) is 6.28. The molecule has 0 bridgehead atoms. The van der Waals surface area contributed by atoms with E-state index in [1.165, 1.54) is 36.8 Å². The molecule has 0 nitrogen and oxygen atoms in total. The first-order valence-electron chi connectivity index (χ1n) is 6.28. The Bertz CT molecular complexity index is 293. The van der Waals surface area contributed by atoms with Crippen LogP contribution < -0.4 is 0 Å². The molecule has 0 aromatic heterocycles. The van der Waals surface area contributed by atoms with Gasteiger partial charge in [-0.05, 0) is 0 Å². The van der Waals surface area contributed by atoms with Crippen LogP contribution in [0, 0.1) is 0 Å². The van der Waals surface area contributed by atoms with Gasteiger partial charge >= 0.3 is 26.2 Å². The molecule has 0 heterocycles. The van der Waals surface area contributed by atoms with Crippen molar-refractivity contribution in [1.29, 1.82) is 0 Å². The monoisotopic (exact) mass is 304 g/mol. The van der Waals surface area contributed by atoms with Gasteiger partial charge in [-0.2, -0.15) is 35.4 Å². The van der Waals surface area contributed by atoms with Gasteiger partial charge in [0.05, 0.1) is 0 Å². The van der Waals surface area contributed by atoms with E-state index in [0.29, 0.717) is 0 Å². The smallest absolute Gasteiger partial charge is 0.213 e. The van der Waals surface area contributed by atoms with Crippen molar-refractivity contribution >= 4 is 0 Å². The summed E-state index contributed by atoms with van der Waals surface area (Å²) in [4.78, 5) is 0. The SMILES string of the molecule is CCC[c-]1cccc1.CCC[c-]1cccc1.[Zr+2]. The average molecular weight is 306 g/mol. The van der Waals surface area contributed by atoms with Crippen molar-refractivity contribution in [2.45, 2.75) is 39.5 Å². The molecule has 2 aromatic carbocycles. The summed E-state index contributed by atoms with van der Waals surface area (Å²) in [5.74, 6) is 0. The van der Waals surface area contributed by atoms with Crippen molar-refractivity contribution in [2.75, 3.05) is 0 Å². The molecule has 2 rings (SSSR count). The summed E-state index contributed by atoms with van der Waals surface area (Å²) in [6.45, 7) is 4.40.